The van der Waals surface area contributed by atoms with E-state index in [1.165, 1.54) is 28.9 Å². The molecule has 21 heavy (non-hydrogen) atoms. The van der Waals surface area contributed by atoms with Gasteiger partial charge in [0.05, 0.1) is 0 Å². The lowest BCUT2D eigenvalue weighted by molar-refractivity contribution is 0.766. The molecule has 0 radical (unpaired) electrons. The van der Waals surface area contributed by atoms with Crippen LogP contribution in [0.15, 0.2) is 36.4 Å². The first kappa shape index (κ1) is 14.1. The maximum atomic E-state index is 5.75. The van der Waals surface area contributed by atoms with Crippen molar-refractivity contribution in [3.8, 4) is 0 Å². The topological polar surface area (TPSA) is 29.3 Å². The monoisotopic (exact) mass is 296 g/mol. The molecule has 0 bridgehead atoms. The van der Waals surface area contributed by atoms with Crippen LogP contribution in [0.5, 0.6) is 0 Å². The summed E-state index contributed by atoms with van der Waals surface area (Å²) in [5.74, 6) is 0. The summed E-state index contributed by atoms with van der Waals surface area (Å²) in [5.41, 5.74) is 13.2. The van der Waals surface area contributed by atoms with Gasteiger partial charge in [0.1, 0.15) is 4.99 Å². The molecule has 3 rings (SSSR count). The molecule has 0 amide bonds. The molecule has 2 aromatic rings. The van der Waals surface area contributed by atoms with E-state index >= 15 is 0 Å². The molecule has 2 aromatic carbocycles. The van der Waals surface area contributed by atoms with Gasteiger partial charge in [0.15, 0.2) is 0 Å². The lowest BCUT2D eigenvalue weighted by Crippen LogP contribution is -2.24. The average molecular weight is 296 g/mol. The van der Waals surface area contributed by atoms with Gasteiger partial charge in [-0.05, 0) is 62.1 Å². The summed E-state index contributed by atoms with van der Waals surface area (Å²) >= 11 is 5.09. The van der Waals surface area contributed by atoms with Crippen molar-refractivity contribution in [3.63, 3.8) is 0 Å². The summed E-state index contributed by atoms with van der Waals surface area (Å²) < 4.78 is 0. The van der Waals surface area contributed by atoms with Crippen molar-refractivity contribution in [2.24, 2.45) is 5.73 Å². The largest absolute Gasteiger partial charge is 0.389 e. The zero-order valence-electron chi connectivity index (χ0n) is 12.5. The molecule has 2 nitrogen and oxygen atoms in total. The highest BCUT2D eigenvalue weighted by atomic mass is 32.1. The van der Waals surface area contributed by atoms with E-state index in [-0.39, 0.29) is 0 Å². The molecular formula is C18H20N2S. The van der Waals surface area contributed by atoms with Crippen LogP contribution in [-0.2, 0) is 6.42 Å². The summed E-state index contributed by atoms with van der Waals surface area (Å²) in [5, 5.41) is 0. The number of thiocarbonyl (C=S) groups is 1. The second-order valence-electron chi connectivity index (χ2n) is 5.75. The number of hydrogen-bond donors (Lipinski definition) is 1. The highest BCUT2D eigenvalue weighted by Crippen LogP contribution is 2.34. The Morgan fingerprint density at radius 2 is 1.95 bits per heavy atom. The third kappa shape index (κ3) is 2.66. The number of hydrogen-bond acceptors (Lipinski definition) is 2. The fourth-order valence-corrected chi connectivity index (χ4v) is 3.32. The number of nitrogens with two attached hydrogens (primary N) is 1. The smallest absolute Gasteiger partial charge is 0.104 e. The van der Waals surface area contributed by atoms with E-state index in [0.717, 1.165) is 24.1 Å². The molecule has 108 valence electrons. The van der Waals surface area contributed by atoms with Crippen molar-refractivity contribution in [1.82, 2.24) is 0 Å². The quantitative estimate of drug-likeness (QED) is 0.849. The van der Waals surface area contributed by atoms with Gasteiger partial charge < -0.3 is 10.6 Å². The lowest BCUT2D eigenvalue weighted by Gasteiger charge is -2.32. The maximum absolute atomic E-state index is 5.75. The predicted octanol–water partition coefficient (Wildman–Crippen LogP) is 4.02. The molecule has 1 aliphatic rings. The van der Waals surface area contributed by atoms with Gasteiger partial charge in [-0.15, -0.1) is 0 Å². The summed E-state index contributed by atoms with van der Waals surface area (Å²) in [4.78, 5) is 2.86. The third-order valence-corrected chi connectivity index (χ3v) is 4.36. The average Bonchev–Trinajstić information content (AvgIpc) is 2.45. The van der Waals surface area contributed by atoms with Crippen molar-refractivity contribution >= 4 is 28.6 Å². The number of rotatable bonds is 2. The number of anilines is 2. The molecule has 0 aromatic heterocycles. The summed E-state index contributed by atoms with van der Waals surface area (Å²) in [6, 6.07) is 13.1. The standard InChI is InChI=1S/C18H20N2S/c1-12-5-8-17-14(10-12)4-3-9-20(17)15-6-7-16(18(19)21)13(2)11-15/h5-8,10-11H,3-4,9H2,1-2H3,(H2,19,21). The van der Waals surface area contributed by atoms with Gasteiger partial charge in [0.25, 0.3) is 0 Å². The zero-order chi connectivity index (χ0) is 15.0. The van der Waals surface area contributed by atoms with Gasteiger partial charge in [0.2, 0.25) is 0 Å². The molecule has 0 saturated carbocycles. The Morgan fingerprint density at radius 1 is 1.14 bits per heavy atom. The summed E-state index contributed by atoms with van der Waals surface area (Å²) in [6.07, 6.45) is 2.35. The molecule has 2 N–H and O–H groups in total. The molecule has 1 heterocycles. The van der Waals surface area contributed by atoms with Crippen molar-refractivity contribution in [2.45, 2.75) is 26.7 Å². The van der Waals surface area contributed by atoms with E-state index in [4.69, 9.17) is 18.0 Å². The van der Waals surface area contributed by atoms with Crippen LogP contribution < -0.4 is 10.6 Å². The van der Waals surface area contributed by atoms with E-state index in [1.807, 2.05) is 6.07 Å². The van der Waals surface area contributed by atoms with Gasteiger partial charge in [-0.2, -0.15) is 0 Å². The van der Waals surface area contributed by atoms with Gasteiger partial charge >= 0.3 is 0 Å². The first-order valence-corrected chi connectivity index (χ1v) is 7.74. The van der Waals surface area contributed by atoms with Gasteiger partial charge in [-0.3, -0.25) is 0 Å². The minimum Gasteiger partial charge on any atom is -0.389 e. The van der Waals surface area contributed by atoms with Crippen molar-refractivity contribution in [2.75, 3.05) is 11.4 Å². The number of benzene rings is 2. The van der Waals surface area contributed by atoms with E-state index in [1.54, 1.807) is 0 Å². The van der Waals surface area contributed by atoms with Crippen LogP contribution in [0, 0.1) is 13.8 Å². The maximum Gasteiger partial charge on any atom is 0.104 e. The Morgan fingerprint density at radius 3 is 2.67 bits per heavy atom. The van der Waals surface area contributed by atoms with Crippen LogP contribution in [0.4, 0.5) is 11.4 Å². The molecule has 3 heteroatoms. The fraction of sp³-hybridized carbons (Fsp3) is 0.278. The molecule has 0 unspecified atom stereocenters. The Balaban J connectivity index is 2.03. The number of nitrogens with zero attached hydrogens (tertiary/aromatic N) is 1. The second kappa shape index (κ2) is 5.49. The summed E-state index contributed by atoms with van der Waals surface area (Å²) in [7, 11) is 0. The Hall–Kier alpha value is -1.87. The van der Waals surface area contributed by atoms with Crippen LogP contribution in [0.3, 0.4) is 0 Å². The fourth-order valence-electron chi connectivity index (χ4n) is 3.09. The van der Waals surface area contributed by atoms with Crippen molar-refractivity contribution in [1.29, 1.82) is 0 Å². The van der Waals surface area contributed by atoms with Crippen LogP contribution in [0.1, 0.15) is 28.7 Å². The number of fused-ring (bicyclic) bond motifs is 1. The van der Waals surface area contributed by atoms with Crippen LogP contribution in [0.2, 0.25) is 0 Å². The lowest BCUT2D eigenvalue weighted by atomic mass is 9.98. The second-order valence-corrected chi connectivity index (χ2v) is 6.19. The van der Waals surface area contributed by atoms with E-state index in [2.05, 4.69) is 49.1 Å². The number of aryl methyl sites for hydroxylation is 3. The van der Waals surface area contributed by atoms with E-state index in [0.29, 0.717) is 4.99 Å². The molecule has 0 saturated heterocycles. The van der Waals surface area contributed by atoms with Crippen molar-refractivity contribution < 1.29 is 0 Å². The van der Waals surface area contributed by atoms with Crippen LogP contribution >= 0.6 is 12.2 Å². The SMILES string of the molecule is Cc1ccc2c(c1)CCCN2c1ccc(C(N)=S)c(C)c1. The van der Waals surface area contributed by atoms with E-state index < -0.39 is 0 Å². The molecule has 0 spiro atoms. The third-order valence-electron chi connectivity index (χ3n) is 4.14. The van der Waals surface area contributed by atoms with Gasteiger partial charge in [-0.25, -0.2) is 0 Å². The van der Waals surface area contributed by atoms with Crippen LogP contribution in [-0.4, -0.2) is 11.5 Å². The molecule has 1 aliphatic heterocycles. The molecule has 0 atom stereocenters. The minimum absolute atomic E-state index is 0.466. The minimum atomic E-state index is 0.466. The van der Waals surface area contributed by atoms with Crippen molar-refractivity contribution in [3.05, 3.63) is 58.7 Å². The first-order valence-electron chi connectivity index (χ1n) is 7.34. The van der Waals surface area contributed by atoms with Crippen LogP contribution in [0.25, 0.3) is 0 Å². The Kier molecular flexibility index (Phi) is 3.68. The first-order chi connectivity index (χ1) is 10.1. The molecular weight excluding hydrogens is 276 g/mol. The normalized spacial score (nSPS) is 13.9. The van der Waals surface area contributed by atoms with Gasteiger partial charge in [-0.1, -0.05) is 29.9 Å². The molecule has 0 aliphatic carbocycles. The van der Waals surface area contributed by atoms with Gasteiger partial charge in [0, 0.05) is 23.5 Å². The Labute approximate surface area is 131 Å². The Bertz CT molecular complexity index is 706. The summed E-state index contributed by atoms with van der Waals surface area (Å²) in [6.45, 7) is 5.28. The van der Waals surface area contributed by atoms with E-state index in [9.17, 15) is 0 Å². The highest BCUT2D eigenvalue weighted by molar-refractivity contribution is 7.80. The molecule has 0 fully saturated rings. The zero-order valence-corrected chi connectivity index (χ0v) is 13.3. The predicted molar refractivity (Wildman–Crippen MR) is 93.6 cm³/mol. The highest BCUT2D eigenvalue weighted by Gasteiger charge is 2.18.